The molecule has 0 atom stereocenters. The molecule has 0 saturated carbocycles. The molecule has 1 saturated heterocycles. The Morgan fingerprint density at radius 3 is 2.71 bits per heavy atom. The molecule has 24 heavy (non-hydrogen) atoms. The standard InChI is InChI=1S/C15H20ClN3O3S2/c1-11(2)10-17-15(23)18-12-3-4-13(16)14(9-12)24(20,21)19-5-7-22-8-6-19/h3-4,9H,1,5-8,10H2,2H3,(H2,17,18,23). The summed E-state index contributed by atoms with van der Waals surface area (Å²) >= 11 is 11.3. The second kappa shape index (κ2) is 8.26. The molecule has 0 aromatic heterocycles. The summed E-state index contributed by atoms with van der Waals surface area (Å²) in [4.78, 5) is 0.0544. The third-order valence-electron chi connectivity index (χ3n) is 3.33. The van der Waals surface area contributed by atoms with Gasteiger partial charge < -0.3 is 15.4 Å². The van der Waals surface area contributed by atoms with E-state index in [9.17, 15) is 8.42 Å². The van der Waals surface area contributed by atoms with Crippen LogP contribution in [0.4, 0.5) is 5.69 Å². The smallest absolute Gasteiger partial charge is 0.244 e. The Bertz CT molecular complexity index is 731. The van der Waals surface area contributed by atoms with Crippen molar-refractivity contribution in [2.24, 2.45) is 0 Å². The number of halogens is 1. The van der Waals surface area contributed by atoms with Crippen molar-refractivity contribution >= 4 is 44.6 Å². The summed E-state index contributed by atoms with van der Waals surface area (Å²) in [5, 5.41) is 6.49. The number of anilines is 1. The van der Waals surface area contributed by atoms with Crippen LogP contribution in [-0.4, -0.2) is 50.7 Å². The van der Waals surface area contributed by atoms with Crippen molar-refractivity contribution < 1.29 is 13.2 Å². The van der Waals surface area contributed by atoms with E-state index in [1.807, 2.05) is 6.92 Å². The van der Waals surface area contributed by atoms with Gasteiger partial charge in [0.2, 0.25) is 10.0 Å². The fourth-order valence-electron chi connectivity index (χ4n) is 2.11. The molecule has 2 rings (SSSR count). The molecule has 1 heterocycles. The average molecular weight is 390 g/mol. The number of benzene rings is 1. The quantitative estimate of drug-likeness (QED) is 0.594. The lowest BCUT2D eigenvalue weighted by atomic mass is 10.3. The molecule has 0 spiro atoms. The number of hydrogen-bond donors (Lipinski definition) is 2. The third kappa shape index (κ3) is 4.90. The van der Waals surface area contributed by atoms with E-state index >= 15 is 0 Å². The SMILES string of the molecule is C=C(C)CNC(=S)Nc1ccc(Cl)c(S(=O)(=O)N2CCOCC2)c1. The van der Waals surface area contributed by atoms with Gasteiger partial charge in [-0.05, 0) is 37.3 Å². The van der Waals surface area contributed by atoms with E-state index in [0.29, 0.717) is 43.6 Å². The number of nitrogens with one attached hydrogen (secondary N) is 2. The molecule has 9 heteroatoms. The average Bonchev–Trinajstić information content (AvgIpc) is 2.55. The number of sulfonamides is 1. The monoisotopic (exact) mass is 389 g/mol. The highest BCUT2D eigenvalue weighted by atomic mass is 35.5. The van der Waals surface area contributed by atoms with Gasteiger partial charge in [-0.2, -0.15) is 4.31 Å². The highest BCUT2D eigenvalue weighted by Gasteiger charge is 2.28. The molecule has 0 aliphatic carbocycles. The van der Waals surface area contributed by atoms with Gasteiger partial charge in [0.25, 0.3) is 0 Å². The fraction of sp³-hybridized carbons (Fsp3) is 0.400. The summed E-state index contributed by atoms with van der Waals surface area (Å²) < 4.78 is 32.1. The van der Waals surface area contributed by atoms with Gasteiger partial charge in [0.05, 0.1) is 18.2 Å². The molecule has 1 aromatic rings. The topological polar surface area (TPSA) is 70.7 Å². The maximum absolute atomic E-state index is 12.8. The van der Waals surface area contributed by atoms with Crippen LogP contribution in [0.5, 0.6) is 0 Å². The molecule has 0 radical (unpaired) electrons. The molecule has 132 valence electrons. The Hall–Kier alpha value is -1.19. The molecule has 0 amide bonds. The molecule has 1 fully saturated rings. The Morgan fingerprint density at radius 1 is 1.42 bits per heavy atom. The first-order valence-electron chi connectivity index (χ1n) is 7.37. The van der Waals surface area contributed by atoms with Gasteiger partial charge in [0, 0.05) is 25.3 Å². The zero-order chi connectivity index (χ0) is 17.7. The van der Waals surface area contributed by atoms with Crippen molar-refractivity contribution in [2.75, 3.05) is 38.2 Å². The van der Waals surface area contributed by atoms with Crippen molar-refractivity contribution in [1.29, 1.82) is 0 Å². The maximum Gasteiger partial charge on any atom is 0.244 e. The molecule has 1 aromatic carbocycles. The molecular formula is C15H20ClN3O3S2. The van der Waals surface area contributed by atoms with Gasteiger partial charge in [-0.3, -0.25) is 0 Å². The van der Waals surface area contributed by atoms with Crippen molar-refractivity contribution in [1.82, 2.24) is 9.62 Å². The van der Waals surface area contributed by atoms with Crippen LogP contribution in [0.3, 0.4) is 0 Å². The van der Waals surface area contributed by atoms with Crippen LogP contribution < -0.4 is 10.6 Å². The summed E-state index contributed by atoms with van der Waals surface area (Å²) in [7, 11) is -3.67. The van der Waals surface area contributed by atoms with Crippen LogP contribution in [0.1, 0.15) is 6.92 Å². The largest absolute Gasteiger partial charge is 0.379 e. The molecule has 2 N–H and O–H groups in total. The van der Waals surface area contributed by atoms with Crippen molar-refractivity contribution in [3.05, 3.63) is 35.4 Å². The minimum atomic E-state index is -3.67. The number of rotatable bonds is 5. The number of hydrogen-bond acceptors (Lipinski definition) is 4. The Labute approximate surface area is 152 Å². The second-order valence-electron chi connectivity index (χ2n) is 5.43. The lowest BCUT2D eigenvalue weighted by molar-refractivity contribution is 0.0730. The van der Waals surface area contributed by atoms with Crippen LogP contribution in [0.25, 0.3) is 0 Å². The van der Waals surface area contributed by atoms with Gasteiger partial charge in [-0.1, -0.05) is 23.8 Å². The van der Waals surface area contributed by atoms with Crippen molar-refractivity contribution in [2.45, 2.75) is 11.8 Å². The molecule has 0 bridgehead atoms. The van der Waals surface area contributed by atoms with Crippen LogP contribution in [-0.2, 0) is 14.8 Å². The van der Waals surface area contributed by atoms with Crippen LogP contribution >= 0.6 is 23.8 Å². The molecule has 1 aliphatic heterocycles. The van der Waals surface area contributed by atoms with Gasteiger partial charge in [0.15, 0.2) is 5.11 Å². The summed E-state index contributed by atoms with van der Waals surface area (Å²) in [6.45, 7) is 7.59. The molecular weight excluding hydrogens is 370 g/mol. The van der Waals surface area contributed by atoms with E-state index in [4.69, 9.17) is 28.6 Å². The molecule has 1 aliphatic rings. The third-order valence-corrected chi connectivity index (χ3v) is 5.95. The van der Waals surface area contributed by atoms with Crippen LogP contribution in [0.15, 0.2) is 35.2 Å². The fourth-order valence-corrected chi connectivity index (χ4v) is 4.21. The molecule has 6 nitrogen and oxygen atoms in total. The highest BCUT2D eigenvalue weighted by Crippen LogP contribution is 2.28. The highest BCUT2D eigenvalue weighted by molar-refractivity contribution is 7.89. The lowest BCUT2D eigenvalue weighted by Gasteiger charge is -2.26. The zero-order valence-corrected chi connectivity index (χ0v) is 15.7. The minimum Gasteiger partial charge on any atom is -0.379 e. The Balaban J connectivity index is 2.18. The summed E-state index contributed by atoms with van der Waals surface area (Å²) in [5.41, 5.74) is 1.48. The van der Waals surface area contributed by atoms with E-state index in [1.165, 1.54) is 10.4 Å². The minimum absolute atomic E-state index is 0.0544. The number of ether oxygens (including phenoxy) is 1. The lowest BCUT2D eigenvalue weighted by Crippen LogP contribution is -2.40. The summed E-state index contributed by atoms with van der Waals surface area (Å²) in [6, 6.07) is 4.70. The number of nitrogens with zero attached hydrogens (tertiary/aromatic N) is 1. The predicted molar refractivity (Wildman–Crippen MR) is 100 cm³/mol. The first-order chi connectivity index (χ1) is 11.3. The number of thiocarbonyl (C=S) groups is 1. The van der Waals surface area contributed by atoms with Crippen molar-refractivity contribution in [3.63, 3.8) is 0 Å². The van der Waals surface area contributed by atoms with Gasteiger partial charge in [-0.25, -0.2) is 8.42 Å². The van der Waals surface area contributed by atoms with Gasteiger partial charge in [-0.15, -0.1) is 0 Å². The Kier molecular flexibility index (Phi) is 6.59. The van der Waals surface area contributed by atoms with E-state index in [1.54, 1.807) is 12.1 Å². The predicted octanol–water partition coefficient (Wildman–Crippen LogP) is 2.22. The molecule has 0 unspecified atom stereocenters. The summed E-state index contributed by atoms with van der Waals surface area (Å²) in [5.74, 6) is 0. The van der Waals surface area contributed by atoms with Crippen LogP contribution in [0, 0.1) is 0 Å². The van der Waals surface area contributed by atoms with E-state index < -0.39 is 10.0 Å². The number of morpholine rings is 1. The van der Waals surface area contributed by atoms with Crippen molar-refractivity contribution in [3.8, 4) is 0 Å². The van der Waals surface area contributed by atoms with E-state index in [2.05, 4.69) is 17.2 Å². The second-order valence-corrected chi connectivity index (χ2v) is 8.15. The normalized spacial score (nSPS) is 15.8. The Morgan fingerprint density at radius 2 is 2.08 bits per heavy atom. The zero-order valence-electron chi connectivity index (χ0n) is 13.3. The van der Waals surface area contributed by atoms with Crippen LogP contribution in [0.2, 0.25) is 5.02 Å². The summed E-state index contributed by atoms with van der Waals surface area (Å²) in [6.07, 6.45) is 0. The first kappa shape index (κ1) is 19.1. The maximum atomic E-state index is 12.8. The van der Waals surface area contributed by atoms with Gasteiger partial charge in [0.1, 0.15) is 4.90 Å². The van der Waals surface area contributed by atoms with E-state index in [-0.39, 0.29) is 9.92 Å². The van der Waals surface area contributed by atoms with E-state index in [0.717, 1.165) is 5.57 Å². The van der Waals surface area contributed by atoms with Gasteiger partial charge >= 0.3 is 0 Å². The first-order valence-corrected chi connectivity index (χ1v) is 9.60.